The lowest BCUT2D eigenvalue weighted by Gasteiger charge is -2.28. The van der Waals surface area contributed by atoms with Crippen molar-refractivity contribution < 1.29 is 4.74 Å². The third-order valence-electron chi connectivity index (χ3n) is 4.48. The molecule has 3 heterocycles. The number of imidazole rings is 1. The zero-order chi connectivity index (χ0) is 18.3. The van der Waals surface area contributed by atoms with Crippen LogP contribution in [0, 0.1) is 11.3 Å². The van der Waals surface area contributed by atoms with Gasteiger partial charge in [-0.25, -0.2) is 4.98 Å². The molecule has 0 amide bonds. The molecule has 1 aromatic carbocycles. The summed E-state index contributed by atoms with van der Waals surface area (Å²) in [6.07, 6.45) is 3.63. The standard InChI is InChI=1S/C18H15Cl2N5O/c19-11-1-2-12(15(20)7-11)14-10-25-16(24-3-5-26-6-4-24)9-23-18(25)17(22)13(14)8-21/h1-2,7,9-10H,3-6,22H2. The Morgan fingerprint density at radius 3 is 2.65 bits per heavy atom. The molecule has 0 radical (unpaired) electrons. The van der Waals surface area contributed by atoms with E-state index < -0.39 is 0 Å². The van der Waals surface area contributed by atoms with Crippen molar-refractivity contribution in [3.63, 3.8) is 0 Å². The summed E-state index contributed by atoms with van der Waals surface area (Å²) in [5.41, 5.74) is 8.84. The highest BCUT2D eigenvalue weighted by molar-refractivity contribution is 6.36. The van der Waals surface area contributed by atoms with Crippen LogP contribution in [0.3, 0.4) is 0 Å². The molecule has 0 unspecified atom stereocenters. The van der Waals surface area contributed by atoms with E-state index in [2.05, 4.69) is 16.0 Å². The Balaban J connectivity index is 1.96. The molecule has 26 heavy (non-hydrogen) atoms. The van der Waals surface area contributed by atoms with E-state index in [-0.39, 0.29) is 0 Å². The maximum absolute atomic E-state index is 9.66. The smallest absolute Gasteiger partial charge is 0.163 e. The first-order valence-electron chi connectivity index (χ1n) is 8.08. The van der Waals surface area contributed by atoms with Crippen LogP contribution in [-0.4, -0.2) is 35.7 Å². The average Bonchev–Trinajstić information content (AvgIpc) is 3.07. The number of aromatic nitrogens is 2. The van der Waals surface area contributed by atoms with Crippen LogP contribution in [0.2, 0.25) is 10.0 Å². The Labute approximate surface area is 160 Å². The summed E-state index contributed by atoms with van der Waals surface area (Å²) in [5, 5.41) is 10.6. The van der Waals surface area contributed by atoms with Crippen molar-refractivity contribution >= 4 is 40.4 Å². The number of pyridine rings is 1. The number of morpholine rings is 1. The van der Waals surface area contributed by atoms with Crippen molar-refractivity contribution in [2.75, 3.05) is 36.9 Å². The van der Waals surface area contributed by atoms with Crippen molar-refractivity contribution in [3.05, 3.63) is 46.2 Å². The lowest BCUT2D eigenvalue weighted by Crippen LogP contribution is -2.36. The highest BCUT2D eigenvalue weighted by Gasteiger charge is 2.21. The average molecular weight is 388 g/mol. The zero-order valence-electron chi connectivity index (χ0n) is 13.7. The molecular weight excluding hydrogens is 373 g/mol. The summed E-state index contributed by atoms with van der Waals surface area (Å²) < 4.78 is 7.33. The fraction of sp³-hybridized carbons (Fsp3) is 0.222. The van der Waals surface area contributed by atoms with Crippen LogP contribution < -0.4 is 10.6 Å². The second-order valence-electron chi connectivity index (χ2n) is 5.98. The SMILES string of the molecule is N#Cc1c(-c2ccc(Cl)cc2Cl)cn2c(N3CCOCC3)cnc2c1N. The van der Waals surface area contributed by atoms with E-state index >= 15 is 0 Å². The summed E-state index contributed by atoms with van der Waals surface area (Å²) in [6, 6.07) is 7.36. The lowest BCUT2D eigenvalue weighted by atomic mass is 10.0. The number of ether oxygens (including phenoxy) is 1. The second kappa shape index (κ2) is 6.69. The number of fused-ring (bicyclic) bond motifs is 1. The predicted octanol–water partition coefficient (Wildman–Crippen LogP) is 3.60. The summed E-state index contributed by atoms with van der Waals surface area (Å²) in [5.74, 6) is 0.908. The predicted molar refractivity (Wildman–Crippen MR) is 103 cm³/mol. The van der Waals surface area contributed by atoms with Gasteiger partial charge in [-0.05, 0) is 12.1 Å². The third-order valence-corrected chi connectivity index (χ3v) is 5.03. The van der Waals surface area contributed by atoms with Gasteiger partial charge in [0.05, 0.1) is 30.7 Å². The van der Waals surface area contributed by atoms with E-state index in [1.54, 1.807) is 24.4 Å². The number of nitriles is 1. The van der Waals surface area contributed by atoms with Crippen LogP contribution in [0.25, 0.3) is 16.8 Å². The Morgan fingerprint density at radius 1 is 1.19 bits per heavy atom. The van der Waals surface area contributed by atoms with Gasteiger partial charge in [-0.3, -0.25) is 4.40 Å². The highest BCUT2D eigenvalue weighted by atomic mass is 35.5. The Bertz CT molecular complexity index is 1030. The molecule has 0 bridgehead atoms. The van der Waals surface area contributed by atoms with Crippen molar-refractivity contribution in [1.29, 1.82) is 5.26 Å². The van der Waals surface area contributed by atoms with Gasteiger partial charge in [-0.15, -0.1) is 0 Å². The maximum atomic E-state index is 9.66. The number of nitrogens with zero attached hydrogens (tertiary/aromatic N) is 4. The molecule has 1 saturated heterocycles. The number of rotatable bonds is 2. The van der Waals surface area contributed by atoms with E-state index in [0.717, 1.165) is 18.9 Å². The quantitative estimate of drug-likeness (QED) is 0.726. The minimum Gasteiger partial charge on any atom is -0.395 e. The number of hydrogen-bond acceptors (Lipinski definition) is 5. The summed E-state index contributed by atoms with van der Waals surface area (Å²) in [6.45, 7) is 2.86. The number of nitrogen functional groups attached to an aromatic ring is 1. The number of hydrogen-bond donors (Lipinski definition) is 1. The zero-order valence-corrected chi connectivity index (χ0v) is 15.3. The topological polar surface area (TPSA) is 79.6 Å². The number of anilines is 2. The highest BCUT2D eigenvalue weighted by Crippen LogP contribution is 2.36. The van der Waals surface area contributed by atoms with Gasteiger partial charge < -0.3 is 15.4 Å². The molecule has 0 spiro atoms. The van der Waals surface area contributed by atoms with Crippen molar-refractivity contribution in [2.24, 2.45) is 0 Å². The maximum Gasteiger partial charge on any atom is 0.163 e. The minimum absolute atomic E-state index is 0.329. The largest absolute Gasteiger partial charge is 0.395 e. The molecule has 132 valence electrons. The molecule has 2 N–H and O–H groups in total. The summed E-state index contributed by atoms with van der Waals surface area (Å²) in [4.78, 5) is 6.61. The van der Waals surface area contributed by atoms with Gasteiger partial charge in [-0.2, -0.15) is 5.26 Å². The molecule has 0 aliphatic carbocycles. The first-order chi connectivity index (χ1) is 12.6. The summed E-state index contributed by atoms with van der Waals surface area (Å²) in [7, 11) is 0. The molecule has 6 nitrogen and oxygen atoms in total. The van der Waals surface area contributed by atoms with E-state index in [0.29, 0.717) is 51.3 Å². The third kappa shape index (κ3) is 2.74. The van der Waals surface area contributed by atoms with Crippen molar-refractivity contribution in [3.8, 4) is 17.2 Å². The van der Waals surface area contributed by atoms with Gasteiger partial charge in [0.2, 0.25) is 0 Å². The molecule has 1 aliphatic rings. The van der Waals surface area contributed by atoms with Gasteiger partial charge in [0.1, 0.15) is 11.9 Å². The summed E-state index contributed by atoms with van der Waals surface area (Å²) >= 11 is 12.4. The molecule has 0 saturated carbocycles. The lowest BCUT2D eigenvalue weighted by molar-refractivity contribution is 0.122. The monoisotopic (exact) mass is 387 g/mol. The van der Waals surface area contributed by atoms with Crippen LogP contribution in [0.4, 0.5) is 11.5 Å². The molecule has 8 heteroatoms. The number of halogens is 2. The van der Waals surface area contributed by atoms with E-state index in [1.807, 2.05) is 10.6 Å². The minimum atomic E-state index is 0.329. The molecular formula is C18H15Cl2N5O. The fourth-order valence-electron chi connectivity index (χ4n) is 3.19. The second-order valence-corrected chi connectivity index (χ2v) is 6.82. The van der Waals surface area contributed by atoms with Gasteiger partial charge in [-0.1, -0.05) is 29.3 Å². The molecule has 0 atom stereocenters. The molecule has 3 aromatic rings. The van der Waals surface area contributed by atoms with Crippen LogP contribution >= 0.6 is 23.2 Å². The first kappa shape index (κ1) is 17.0. The van der Waals surface area contributed by atoms with E-state index in [4.69, 9.17) is 33.7 Å². The van der Waals surface area contributed by atoms with Gasteiger partial charge in [0.15, 0.2) is 5.65 Å². The van der Waals surface area contributed by atoms with Gasteiger partial charge >= 0.3 is 0 Å². The fourth-order valence-corrected chi connectivity index (χ4v) is 3.70. The number of nitrogens with two attached hydrogens (primary N) is 1. The van der Waals surface area contributed by atoms with Crippen LogP contribution in [-0.2, 0) is 4.74 Å². The Hall–Kier alpha value is -2.46. The van der Waals surface area contributed by atoms with E-state index in [9.17, 15) is 5.26 Å². The van der Waals surface area contributed by atoms with Crippen molar-refractivity contribution in [1.82, 2.24) is 9.38 Å². The van der Waals surface area contributed by atoms with Gasteiger partial charge in [0, 0.05) is 40.5 Å². The number of benzene rings is 1. The van der Waals surface area contributed by atoms with Crippen molar-refractivity contribution in [2.45, 2.75) is 0 Å². The normalized spacial score (nSPS) is 14.6. The first-order valence-corrected chi connectivity index (χ1v) is 8.83. The molecule has 4 rings (SSSR count). The van der Waals surface area contributed by atoms with Crippen LogP contribution in [0.1, 0.15) is 5.56 Å². The van der Waals surface area contributed by atoms with Crippen LogP contribution in [0.5, 0.6) is 0 Å². The molecule has 1 aliphatic heterocycles. The molecule has 1 fully saturated rings. The van der Waals surface area contributed by atoms with Crippen LogP contribution in [0.15, 0.2) is 30.6 Å². The molecule has 2 aromatic heterocycles. The Morgan fingerprint density at radius 2 is 1.96 bits per heavy atom. The van der Waals surface area contributed by atoms with Gasteiger partial charge in [0.25, 0.3) is 0 Å². The van der Waals surface area contributed by atoms with E-state index in [1.165, 1.54) is 0 Å². The Kier molecular flexibility index (Phi) is 4.37.